The van der Waals surface area contributed by atoms with Crippen LogP contribution in [0.2, 0.25) is 5.02 Å². The van der Waals surface area contributed by atoms with Crippen molar-refractivity contribution >= 4 is 49.1 Å². The molecule has 1 fully saturated rings. The Balaban J connectivity index is 1.76. The van der Waals surface area contributed by atoms with Gasteiger partial charge in [0.2, 0.25) is 15.9 Å². The van der Waals surface area contributed by atoms with Gasteiger partial charge >= 0.3 is 0 Å². The van der Waals surface area contributed by atoms with Gasteiger partial charge in [-0.2, -0.15) is 4.31 Å². The molecule has 0 aliphatic carbocycles. The SMILES string of the molecule is O=C(Cc1ccc(Br)cc1)Nc1ccc(Cl)c(S(=O)(=O)N2CCCC2)c1. The first-order valence-corrected chi connectivity index (χ1v) is 10.8. The maximum atomic E-state index is 12.7. The molecular weight excluding hydrogens is 440 g/mol. The highest BCUT2D eigenvalue weighted by atomic mass is 79.9. The van der Waals surface area contributed by atoms with Crippen LogP contribution >= 0.6 is 27.5 Å². The molecule has 0 saturated carbocycles. The fourth-order valence-corrected chi connectivity index (χ4v) is 5.12. The number of carbonyl (C=O) groups excluding carboxylic acids is 1. The summed E-state index contributed by atoms with van der Waals surface area (Å²) in [4.78, 5) is 12.3. The number of amides is 1. The lowest BCUT2D eigenvalue weighted by molar-refractivity contribution is -0.115. The zero-order valence-corrected chi connectivity index (χ0v) is 17.1. The Morgan fingerprint density at radius 2 is 1.77 bits per heavy atom. The maximum absolute atomic E-state index is 12.7. The average Bonchev–Trinajstić information content (AvgIpc) is 3.14. The number of carbonyl (C=O) groups is 1. The minimum absolute atomic E-state index is 0.0301. The van der Waals surface area contributed by atoms with E-state index in [1.54, 1.807) is 6.07 Å². The zero-order valence-electron chi connectivity index (χ0n) is 13.9. The van der Waals surface area contributed by atoms with Gasteiger partial charge in [0.25, 0.3) is 0 Å². The fourth-order valence-electron chi connectivity index (χ4n) is 2.84. The quantitative estimate of drug-likeness (QED) is 0.736. The molecule has 0 radical (unpaired) electrons. The summed E-state index contributed by atoms with van der Waals surface area (Å²) in [6.45, 7) is 0.998. The van der Waals surface area contributed by atoms with Crippen molar-refractivity contribution < 1.29 is 13.2 Å². The molecule has 1 aliphatic heterocycles. The molecular formula is C18H18BrClN2O3S. The minimum atomic E-state index is -3.65. The van der Waals surface area contributed by atoms with E-state index in [9.17, 15) is 13.2 Å². The van der Waals surface area contributed by atoms with E-state index in [-0.39, 0.29) is 22.2 Å². The molecule has 1 amide bonds. The second-order valence-electron chi connectivity index (χ2n) is 6.11. The van der Waals surface area contributed by atoms with Gasteiger partial charge in [-0.15, -0.1) is 0 Å². The van der Waals surface area contributed by atoms with Crippen molar-refractivity contribution in [3.05, 3.63) is 57.5 Å². The molecule has 3 rings (SSSR count). The summed E-state index contributed by atoms with van der Waals surface area (Å²) in [5.41, 5.74) is 1.28. The van der Waals surface area contributed by atoms with E-state index in [4.69, 9.17) is 11.6 Å². The van der Waals surface area contributed by atoms with E-state index in [1.807, 2.05) is 24.3 Å². The fraction of sp³-hybridized carbons (Fsp3) is 0.278. The molecule has 0 spiro atoms. The third-order valence-electron chi connectivity index (χ3n) is 4.18. The van der Waals surface area contributed by atoms with E-state index in [0.717, 1.165) is 22.9 Å². The third-order valence-corrected chi connectivity index (χ3v) is 7.08. The molecule has 8 heteroatoms. The van der Waals surface area contributed by atoms with E-state index in [2.05, 4.69) is 21.2 Å². The first-order valence-electron chi connectivity index (χ1n) is 8.20. The summed E-state index contributed by atoms with van der Waals surface area (Å²) in [6, 6.07) is 12.0. The number of sulfonamides is 1. The number of anilines is 1. The van der Waals surface area contributed by atoms with E-state index in [0.29, 0.717) is 18.8 Å². The number of halogens is 2. The van der Waals surface area contributed by atoms with Crippen molar-refractivity contribution in [3.8, 4) is 0 Å². The molecule has 26 heavy (non-hydrogen) atoms. The van der Waals surface area contributed by atoms with Crippen molar-refractivity contribution in [2.45, 2.75) is 24.2 Å². The van der Waals surface area contributed by atoms with Crippen molar-refractivity contribution in [3.63, 3.8) is 0 Å². The summed E-state index contributed by atoms with van der Waals surface area (Å²) in [5, 5.41) is 2.90. The summed E-state index contributed by atoms with van der Waals surface area (Å²) in [6.07, 6.45) is 1.89. The molecule has 0 unspecified atom stereocenters. The molecule has 0 aromatic heterocycles. The normalized spacial score (nSPS) is 15.2. The van der Waals surface area contributed by atoms with Crippen molar-refractivity contribution in [2.75, 3.05) is 18.4 Å². The van der Waals surface area contributed by atoms with Crippen LogP contribution in [0.3, 0.4) is 0 Å². The standard InChI is InChI=1S/C18H18BrClN2O3S/c19-14-5-3-13(4-6-14)11-18(23)21-15-7-8-16(20)17(12-15)26(24,25)22-9-1-2-10-22/h3-8,12H,1-2,9-11H2,(H,21,23). The van der Waals surface area contributed by atoms with Gasteiger partial charge < -0.3 is 5.32 Å². The van der Waals surface area contributed by atoms with E-state index in [1.165, 1.54) is 16.4 Å². The molecule has 2 aromatic carbocycles. The van der Waals surface area contributed by atoms with Gasteiger partial charge in [-0.3, -0.25) is 4.79 Å². The average molecular weight is 458 g/mol. The zero-order chi connectivity index (χ0) is 18.7. The number of hydrogen-bond acceptors (Lipinski definition) is 3. The van der Waals surface area contributed by atoms with Gasteiger partial charge in [0.1, 0.15) is 4.90 Å². The molecule has 1 aliphatic rings. The molecule has 5 nitrogen and oxygen atoms in total. The Morgan fingerprint density at radius 1 is 1.12 bits per heavy atom. The lowest BCUT2D eigenvalue weighted by Gasteiger charge is -2.17. The van der Waals surface area contributed by atoms with Gasteiger partial charge in [0, 0.05) is 23.2 Å². The molecule has 0 bridgehead atoms. The third kappa shape index (κ3) is 4.46. The number of hydrogen-bond donors (Lipinski definition) is 1. The van der Waals surface area contributed by atoms with Gasteiger partial charge in [-0.1, -0.05) is 39.7 Å². The topological polar surface area (TPSA) is 66.5 Å². The number of nitrogens with one attached hydrogen (secondary N) is 1. The first-order chi connectivity index (χ1) is 12.4. The summed E-state index contributed by atoms with van der Waals surface area (Å²) >= 11 is 9.47. The Kier molecular flexibility index (Phi) is 6.02. The molecule has 2 aromatic rings. The summed E-state index contributed by atoms with van der Waals surface area (Å²) < 4.78 is 27.9. The Morgan fingerprint density at radius 3 is 2.42 bits per heavy atom. The Bertz CT molecular complexity index is 911. The van der Waals surface area contributed by atoms with Crippen LogP contribution < -0.4 is 5.32 Å². The van der Waals surface area contributed by atoms with Crippen molar-refractivity contribution in [1.29, 1.82) is 0 Å². The second kappa shape index (κ2) is 8.08. The molecule has 138 valence electrons. The van der Waals surface area contributed by atoms with Crippen LogP contribution in [0.4, 0.5) is 5.69 Å². The molecule has 1 saturated heterocycles. The van der Waals surface area contributed by atoms with Crippen LogP contribution in [-0.2, 0) is 21.2 Å². The van der Waals surface area contributed by atoms with Crippen molar-refractivity contribution in [1.82, 2.24) is 4.31 Å². The van der Waals surface area contributed by atoms with Crippen LogP contribution in [0.25, 0.3) is 0 Å². The van der Waals surface area contributed by atoms with Crippen LogP contribution in [0.5, 0.6) is 0 Å². The second-order valence-corrected chi connectivity index (χ2v) is 9.34. The largest absolute Gasteiger partial charge is 0.326 e. The van der Waals surface area contributed by atoms with E-state index < -0.39 is 10.0 Å². The molecule has 0 atom stereocenters. The number of nitrogens with zero attached hydrogens (tertiary/aromatic N) is 1. The first kappa shape index (κ1) is 19.4. The lowest BCUT2D eigenvalue weighted by atomic mass is 10.1. The highest BCUT2D eigenvalue weighted by Gasteiger charge is 2.29. The number of rotatable bonds is 5. The van der Waals surface area contributed by atoms with Gasteiger partial charge in [0.15, 0.2) is 0 Å². The predicted octanol–water partition coefficient (Wildman–Crippen LogP) is 4.07. The lowest BCUT2D eigenvalue weighted by Crippen LogP contribution is -2.28. The Hall–Kier alpha value is -1.41. The molecule has 1 heterocycles. The summed E-state index contributed by atoms with van der Waals surface area (Å²) in [7, 11) is -3.65. The smallest absolute Gasteiger partial charge is 0.244 e. The van der Waals surface area contributed by atoms with Crippen LogP contribution in [0, 0.1) is 0 Å². The van der Waals surface area contributed by atoms with Crippen molar-refractivity contribution in [2.24, 2.45) is 0 Å². The minimum Gasteiger partial charge on any atom is -0.326 e. The van der Waals surface area contributed by atoms with E-state index >= 15 is 0 Å². The maximum Gasteiger partial charge on any atom is 0.244 e. The van der Waals surface area contributed by atoms with Crippen LogP contribution in [-0.4, -0.2) is 31.7 Å². The molecule has 1 N–H and O–H groups in total. The number of benzene rings is 2. The summed E-state index contributed by atoms with van der Waals surface area (Å²) in [5.74, 6) is -0.223. The van der Waals surface area contributed by atoms with Crippen LogP contribution in [0.1, 0.15) is 18.4 Å². The van der Waals surface area contributed by atoms with Gasteiger partial charge in [0.05, 0.1) is 11.4 Å². The predicted molar refractivity (Wildman–Crippen MR) is 106 cm³/mol. The highest BCUT2D eigenvalue weighted by molar-refractivity contribution is 9.10. The highest BCUT2D eigenvalue weighted by Crippen LogP contribution is 2.29. The van der Waals surface area contributed by atoms with Crippen LogP contribution in [0.15, 0.2) is 51.8 Å². The van der Waals surface area contributed by atoms with Gasteiger partial charge in [-0.25, -0.2) is 8.42 Å². The van der Waals surface area contributed by atoms with Gasteiger partial charge in [-0.05, 0) is 48.7 Å². The Labute approximate surface area is 166 Å². The monoisotopic (exact) mass is 456 g/mol.